The number of hydrogen-bond acceptors (Lipinski definition) is 3. The van der Waals surface area contributed by atoms with E-state index in [1.54, 1.807) is 0 Å². The zero-order valence-electron chi connectivity index (χ0n) is 21.1. The molecule has 3 heteroatoms. The highest BCUT2D eigenvalue weighted by molar-refractivity contribution is 5.47. The first-order chi connectivity index (χ1) is 14.2. The number of phenols is 2. The second-order valence-electron chi connectivity index (χ2n) is 11.2. The van der Waals surface area contributed by atoms with Crippen molar-refractivity contribution < 1.29 is 10.2 Å². The summed E-state index contributed by atoms with van der Waals surface area (Å²) in [7, 11) is 2.04. The zero-order valence-corrected chi connectivity index (χ0v) is 21.1. The van der Waals surface area contributed by atoms with Crippen molar-refractivity contribution in [3.8, 4) is 11.5 Å². The van der Waals surface area contributed by atoms with Crippen molar-refractivity contribution in [2.45, 2.75) is 97.9 Å². The maximum atomic E-state index is 10.5. The molecule has 2 rings (SSSR count). The molecule has 0 aromatic heterocycles. The molecule has 0 bridgehead atoms. The van der Waals surface area contributed by atoms with E-state index in [1.807, 2.05) is 20.9 Å². The summed E-state index contributed by atoms with van der Waals surface area (Å²) in [6.07, 6.45) is 4.07. The Morgan fingerprint density at radius 1 is 0.710 bits per heavy atom. The molecule has 0 spiro atoms. The van der Waals surface area contributed by atoms with Gasteiger partial charge in [-0.25, -0.2) is 0 Å². The van der Waals surface area contributed by atoms with Gasteiger partial charge in [-0.05, 0) is 90.8 Å². The third kappa shape index (κ3) is 6.49. The molecular formula is C28H43NO2. The van der Waals surface area contributed by atoms with E-state index >= 15 is 0 Å². The maximum absolute atomic E-state index is 10.5. The fraction of sp³-hybridized carbons (Fsp3) is 0.571. The third-order valence-electron chi connectivity index (χ3n) is 6.31. The van der Waals surface area contributed by atoms with Gasteiger partial charge in [0.2, 0.25) is 0 Å². The zero-order chi connectivity index (χ0) is 23.6. The predicted octanol–water partition coefficient (Wildman–Crippen LogP) is 6.46. The molecule has 0 amide bonds. The summed E-state index contributed by atoms with van der Waals surface area (Å²) in [5, 5.41) is 24.5. The Bertz CT molecular complexity index is 827. The van der Waals surface area contributed by atoms with Crippen molar-refractivity contribution in [2.24, 2.45) is 0 Å². The van der Waals surface area contributed by atoms with Crippen molar-refractivity contribution in [3.63, 3.8) is 0 Å². The van der Waals surface area contributed by atoms with Crippen molar-refractivity contribution in [1.82, 2.24) is 5.32 Å². The van der Waals surface area contributed by atoms with E-state index in [0.717, 1.165) is 47.9 Å². The van der Waals surface area contributed by atoms with Crippen LogP contribution in [0, 0.1) is 13.8 Å². The number of hydrogen-bond donors (Lipinski definition) is 3. The second kappa shape index (κ2) is 9.65. The molecule has 0 heterocycles. The molecule has 0 unspecified atom stereocenters. The van der Waals surface area contributed by atoms with Crippen LogP contribution in [0.3, 0.4) is 0 Å². The van der Waals surface area contributed by atoms with Crippen LogP contribution < -0.4 is 5.32 Å². The fourth-order valence-electron chi connectivity index (χ4n) is 4.26. The van der Waals surface area contributed by atoms with E-state index in [1.165, 1.54) is 11.1 Å². The molecule has 3 nitrogen and oxygen atoms in total. The van der Waals surface area contributed by atoms with Gasteiger partial charge >= 0.3 is 0 Å². The Morgan fingerprint density at radius 3 is 1.35 bits per heavy atom. The molecule has 0 aliphatic rings. The third-order valence-corrected chi connectivity index (χ3v) is 6.31. The summed E-state index contributed by atoms with van der Waals surface area (Å²) in [5.41, 5.74) is 6.39. The molecule has 0 aliphatic heterocycles. The van der Waals surface area contributed by atoms with E-state index in [2.05, 4.69) is 71.1 Å². The molecule has 0 fully saturated rings. The summed E-state index contributed by atoms with van der Waals surface area (Å²) in [4.78, 5) is 0. The number of phenolic OH excluding ortho intramolecular Hbond substituents is 2. The predicted molar refractivity (Wildman–Crippen MR) is 133 cm³/mol. The van der Waals surface area contributed by atoms with Gasteiger partial charge in [-0.15, -0.1) is 0 Å². The van der Waals surface area contributed by atoms with Crippen molar-refractivity contribution in [2.75, 3.05) is 7.05 Å². The van der Waals surface area contributed by atoms with Crippen LogP contribution in [0.5, 0.6) is 11.5 Å². The minimum absolute atomic E-state index is 0.0747. The lowest BCUT2D eigenvalue weighted by atomic mass is 9.83. The van der Waals surface area contributed by atoms with E-state index in [9.17, 15) is 10.2 Å². The van der Waals surface area contributed by atoms with Crippen molar-refractivity contribution in [3.05, 3.63) is 57.6 Å². The highest BCUT2D eigenvalue weighted by Crippen LogP contribution is 2.35. The molecule has 2 aromatic rings. The van der Waals surface area contributed by atoms with Gasteiger partial charge in [0.15, 0.2) is 0 Å². The Labute approximate surface area is 189 Å². The number of benzene rings is 2. The Balaban J connectivity index is 2.10. The van der Waals surface area contributed by atoms with E-state index < -0.39 is 0 Å². The van der Waals surface area contributed by atoms with Crippen molar-refractivity contribution >= 4 is 0 Å². The molecule has 172 valence electrons. The van der Waals surface area contributed by atoms with Crippen LogP contribution in [0.1, 0.15) is 87.8 Å². The van der Waals surface area contributed by atoms with Crippen molar-refractivity contribution in [1.29, 1.82) is 0 Å². The summed E-state index contributed by atoms with van der Waals surface area (Å²) in [6, 6.07) is 9.01. The van der Waals surface area contributed by atoms with Gasteiger partial charge in [-0.3, -0.25) is 0 Å². The number of aromatic hydroxyl groups is 2. The lowest BCUT2D eigenvalue weighted by Crippen LogP contribution is -2.26. The Morgan fingerprint density at radius 2 is 1.06 bits per heavy atom. The first-order valence-electron chi connectivity index (χ1n) is 11.6. The van der Waals surface area contributed by atoms with E-state index in [0.29, 0.717) is 17.5 Å². The van der Waals surface area contributed by atoms with Gasteiger partial charge in [-0.2, -0.15) is 0 Å². The normalized spacial score (nSPS) is 12.6. The van der Waals surface area contributed by atoms with E-state index in [4.69, 9.17) is 0 Å². The van der Waals surface area contributed by atoms with Crippen LogP contribution in [0.2, 0.25) is 0 Å². The minimum atomic E-state index is -0.0747. The molecule has 0 radical (unpaired) electrons. The summed E-state index contributed by atoms with van der Waals surface area (Å²) >= 11 is 0. The van der Waals surface area contributed by atoms with E-state index in [-0.39, 0.29) is 10.8 Å². The van der Waals surface area contributed by atoms with Crippen LogP contribution in [-0.4, -0.2) is 23.3 Å². The first kappa shape index (κ1) is 25.3. The summed E-state index contributed by atoms with van der Waals surface area (Å²) in [6.45, 7) is 16.9. The summed E-state index contributed by atoms with van der Waals surface area (Å²) < 4.78 is 0. The monoisotopic (exact) mass is 425 g/mol. The topological polar surface area (TPSA) is 52.5 Å². The van der Waals surface area contributed by atoms with Gasteiger partial charge < -0.3 is 15.5 Å². The molecule has 2 aromatic carbocycles. The number of aryl methyl sites for hydroxylation is 4. The van der Waals surface area contributed by atoms with Gasteiger partial charge in [0.05, 0.1) is 0 Å². The number of nitrogens with one attached hydrogen (secondary N) is 1. The molecule has 0 saturated carbocycles. The maximum Gasteiger partial charge on any atom is 0.122 e. The molecular weight excluding hydrogens is 382 g/mol. The molecule has 0 saturated heterocycles. The Kier molecular flexibility index (Phi) is 7.86. The highest BCUT2D eigenvalue weighted by Gasteiger charge is 2.22. The van der Waals surface area contributed by atoms with Gasteiger partial charge in [0, 0.05) is 6.04 Å². The average molecular weight is 426 g/mol. The molecule has 31 heavy (non-hydrogen) atoms. The summed E-state index contributed by atoms with van der Waals surface area (Å²) in [5.74, 6) is 0.859. The lowest BCUT2D eigenvalue weighted by molar-refractivity contribution is 0.441. The molecule has 0 atom stereocenters. The van der Waals surface area contributed by atoms with Crippen LogP contribution in [0.4, 0.5) is 0 Å². The minimum Gasteiger partial charge on any atom is -0.507 e. The fourth-order valence-corrected chi connectivity index (χ4v) is 4.26. The lowest BCUT2D eigenvalue weighted by Gasteiger charge is -2.24. The smallest absolute Gasteiger partial charge is 0.122 e. The van der Waals surface area contributed by atoms with Crippen LogP contribution in [0.25, 0.3) is 0 Å². The molecule has 3 N–H and O–H groups in total. The van der Waals surface area contributed by atoms with Crippen LogP contribution in [-0.2, 0) is 23.7 Å². The average Bonchev–Trinajstić information content (AvgIpc) is 2.65. The van der Waals surface area contributed by atoms with Crippen LogP contribution in [0.15, 0.2) is 24.3 Å². The van der Waals surface area contributed by atoms with Gasteiger partial charge in [0.25, 0.3) is 0 Å². The standard InChI is InChI=1S/C28H43NO2/c1-18-14-20(16-23(25(18)30)27(3,4)5)10-12-22(29-9)13-11-21-15-19(2)26(31)24(17-21)28(6,7)8/h14-17,22,29-31H,10-13H2,1-9H3. The van der Waals surface area contributed by atoms with Crippen LogP contribution >= 0.6 is 0 Å². The number of rotatable bonds is 7. The highest BCUT2D eigenvalue weighted by atomic mass is 16.3. The van der Waals surface area contributed by atoms with Gasteiger partial charge in [-0.1, -0.05) is 65.8 Å². The second-order valence-corrected chi connectivity index (χ2v) is 11.2. The quantitative estimate of drug-likeness (QED) is 0.477. The SMILES string of the molecule is CNC(CCc1cc(C)c(O)c(C(C)(C)C)c1)CCc1cc(C)c(O)c(C(C)(C)C)c1. The molecule has 0 aliphatic carbocycles. The Hall–Kier alpha value is -2.00. The largest absolute Gasteiger partial charge is 0.507 e. The van der Waals surface area contributed by atoms with Gasteiger partial charge in [0.1, 0.15) is 11.5 Å². The first-order valence-corrected chi connectivity index (χ1v) is 11.6.